The minimum Gasteiger partial charge on any atom is -0.490 e. The van der Waals surface area contributed by atoms with E-state index < -0.39 is 0 Å². The van der Waals surface area contributed by atoms with Gasteiger partial charge in [-0.15, -0.1) is 0 Å². The molecule has 1 aromatic carbocycles. The first-order valence-electron chi connectivity index (χ1n) is 8.69. The lowest BCUT2D eigenvalue weighted by Gasteiger charge is -2.13. The van der Waals surface area contributed by atoms with E-state index in [1.165, 1.54) is 0 Å². The predicted molar refractivity (Wildman–Crippen MR) is 101 cm³/mol. The number of carbonyl (C=O) groups is 1. The van der Waals surface area contributed by atoms with Crippen LogP contribution in [-0.4, -0.2) is 28.5 Å². The summed E-state index contributed by atoms with van der Waals surface area (Å²) < 4.78 is 13.0. The number of fused-ring (bicyclic) bond motifs is 1. The molecule has 0 aliphatic heterocycles. The number of hydrogen-bond acceptors (Lipinski definition) is 4. The lowest BCUT2D eigenvalue weighted by molar-refractivity contribution is 0.102. The van der Waals surface area contributed by atoms with Gasteiger partial charge in [-0.05, 0) is 57.5 Å². The lowest BCUT2D eigenvalue weighted by Crippen LogP contribution is -2.15. The number of aromatic nitrogens is 2. The van der Waals surface area contributed by atoms with Gasteiger partial charge in [-0.3, -0.25) is 9.20 Å². The third-order valence-corrected chi connectivity index (χ3v) is 3.97. The number of hydrogen-bond donors (Lipinski definition) is 1. The van der Waals surface area contributed by atoms with Gasteiger partial charge in [0.25, 0.3) is 5.91 Å². The van der Waals surface area contributed by atoms with E-state index >= 15 is 0 Å². The summed E-state index contributed by atoms with van der Waals surface area (Å²) in [5, 5.41) is 2.92. The Bertz CT molecular complexity index is 947. The molecule has 0 fully saturated rings. The minimum atomic E-state index is -0.217. The number of amides is 1. The van der Waals surface area contributed by atoms with Crippen LogP contribution in [0.3, 0.4) is 0 Å². The van der Waals surface area contributed by atoms with E-state index in [0.29, 0.717) is 41.8 Å². The summed E-state index contributed by atoms with van der Waals surface area (Å²) in [7, 11) is 0. The molecule has 1 N–H and O–H groups in total. The van der Waals surface area contributed by atoms with Crippen LogP contribution in [0.25, 0.3) is 5.65 Å². The van der Waals surface area contributed by atoms with Crippen LogP contribution in [0.4, 0.5) is 5.69 Å². The Morgan fingerprint density at radius 2 is 1.81 bits per heavy atom. The fourth-order valence-corrected chi connectivity index (χ4v) is 2.86. The Hall–Kier alpha value is -3.02. The maximum absolute atomic E-state index is 12.8. The average Bonchev–Trinajstić information content (AvgIpc) is 2.92. The zero-order valence-corrected chi connectivity index (χ0v) is 15.5. The monoisotopic (exact) mass is 353 g/mol. The fraction of sp³-hybridized carbons (Fsp3) is 0.300. The molecule has 0 spiro atoms. The van der Waals surface area contributed by atoms with Gasteiger partial charge in [0.1, 0.15) is 11.3 Å². The molecule has 2 aromatic heterocycles. The van der Waals surface area contributed by atoms with Crippen molar-refractivity contribution in [3.8, 4) is 11.5 Å². The van der Waals surface area contributed by atoms with Crippen molar-refractivity contribution in [1.29, 1.82) is 0 Å². The van der Waals surface area contributed by atoms with Crippen molar-refractivity contribution in [3.63, 3.8) is 0 Å². The van der Waals surface area contributed by atoms with Crippen molar-refractivity contribution in [2.75, 3.05) is 18.5 Å². The Labute approximate surface area is 152 Å². The molecule has 6 heteroatoms. The molecule has 6 nitrogen and oxygen atoms in total. The van der Waals surface area contributed by atoms with Crippen molar-refractivity contribution in [1.82, 2.24) is 9.38 Å². The summed E-state index contributed by atoms with van der Waals surface area (Å²) in [5.41, 5.74) is 3.70. The van der Waals surface area contributed by atoms with Gasteiger partial charge in [-0.2, -0.15) is 0 Å². The van der Waals surface area contributed by atoms with Gasteiger partial charge in [-0.1, -0.05) is 0 Å². The van der Waals surface area contributed by atoms with E-state index in [4.69, 9.17) is 9.47 Å². The smallest absolute Gasteiger partial charge is 0.274 e. The summed E-state index contributed by atoms with van der Waals surface area (Å²) in [6, 6.07) is 9.28. The van der Waals surface area contributed by atoms with Crippen LogP contribution in [0, 0.1) is 13.8 Å². The number of aryl methyl sites for hydroxylation is 2. The molecule has 0 unspecified atom stereocenters. The quantitative estimate of drug-likeness (QED) is 0.727. The molecule has 0 saturated heterocycles. The summed E-state index contributed by atoms with van der Waals surface area (Å²) in [5.74, 6) is 1.05. The first kappa shape index (κ1) is 17.8. The molecular weight excluding hydrogens is 330 g/mol. The molecule has 0 aliphatic carbocycles. The van der Waals surface area contributed by atoms with Gasteiger partial charge in [0, 0.05) is 18.0 Å². The Balaban J connectivity index is 1.91. The van der Waals surface area contributed by atoms with Crippen molar-refractivity contribution >= 4 is 17.2 Å². The molecule has 0 atom stereocenters. The zero-order chi connectivity index (χ0) is 18.7. The molecule has 26 heavy (non-hydrogen) atoms. The molecule has 0 radical (unpaired) electrons. The standard InChI is InChI=1S/C20H23N3O3/c1-5-25-16-8-7-15(12-17(16)26-6-2)22-20(24)19-14(4)21-18-11-13(3)9-10-23(18)19/h7-12H,5-6H2,1-4H3,(H,22,24). The number of imidazole rings is 1. The number of nitrogens with one attached hydrogen (secondary N) is 1. The number of nitrogens with zero attached hydrogens (tertiary/aromatic N) is 2. The molecular formula is C20H23N3O3. The first-order chi connectivity index (χ1) is 12.5. The van der Waals surface area contributed by atoms with E-state index in [0.717, 1.165) is 11.2 Å². The number of anilines is 1. The topological polar surface area (TPSA) is 64.9 Å². The summed E-state index contributed by atoms with van der Waals surface area (Å²) in [6.07, 6.45) is 1.86. The Morgan fingerprint density at radius 1 is 1.08 bits per heavy atom. The third-order valence-electron chi connectivity index (χ3n) is 3.97. The maximum Gasteiger partial charge on any atom is 0.274 e. The lowest BCUT2D eigenvalue weighted by atomic mass is 10.2. The van der Waals surface area contributed by atoms with Crippen molar-refractivity contribution < 1.29 is 14.3 Å². The minimum absolute atomic E-state index is 0.217. The Kier molecular flexibility index (Phi) is 5.11. The van der Waals surface area contributed by atoms with Crippen molar-refractivity contribution in [2.24, 2.45) is 0 Å². The van der Waals surface area contributed by atoms with Gasteiger partial charge >= 0.3 is 0 Å². The number of rotatable bonds is 6. The molecule has 0 aliphatic rings. The van der Waals surface area contributed by atoms with E-state index in [2.05, 4.69) is 10.3 Å². The Morgan fingerprint density at radius 3 is 2.54 bits per heavy atom. The second-order valence-corrected chi connectivity index (χ2v) is 5.96. The largest absolute Gasteiger partial charge is 0.490 e. The van der Waals surface area contributed by atoms with Crippen LogP contribution in [0.1, 0.15) is 35.6 Å². The van der Waals surface area contributed by atoms with E-state index in [1.54, 1.807) is 22.6 Å². The van der Waals surface area contributed by atoms with Crippen LogP contribution >= 0.6 is 0 Å². The molecule has 2 heterocycles. The number of benzene rings is 1. The van der Waals surface area contributed by atoms with Gasteiger partial charge in [0.05, 0.1) is 18.9 Å². The number of ether oxygens (including phenoxy) is 2. The second kappa shape index (κ2) is 7.47. The maximum atomic E-state index is 12.8. The van der Waals surface area contributed by atoms with Gasteiger partial charge < -0.3 is 14.8 Å². The van der Waals surface area contributed by atoms with E-state index in [-0.39, 0.29) is 5.91 Å². The second-order valence-electron chi connectivity index (χ2n) is 5.96. The SMILES string of the molecule is CCOc1ccc(NC(=O)c2c(C)nc3cc(C)ccn23)cc1OCC. The highest BCUT2D eigenvalue weighted by molar-refractivity contribution is 6.04. The molecule has 3 aromatic rings. The number of pyridine rings is 1. The summed E-state index contributed by atoms with van der Waals surface area (Å²) >= 11 is 0. The van der Waals surface area contributed by atoms with Crippen molar-refractivity contribution in [3.05, 3.63) is 53.5 Å². The predicted octanol–water partition coefficient (Wildman–Crippen LogP) is 4.00. The molecule has 136 valence electrons. The van der Waals surface area contributed by atoms with Gasteiger partial charge in [-0.25, -0.2) is 4.98 Å². The zero-order valence-electron chi connectivity index (χ0n) is 15.5. The first-order valence-corrected chi connectivity index (χ1v) is 8.69. The van der Waals surface area contributed by atoms with Crippen LogP contribution in [0.15, 0.2) is 36.5 Å². The summed E-state index contributed by atoms with van der Waals surface area (Å²) in [6.45, 7) is 8.72. The molecule has 1 amide bonds. The molecule has 3 rings (SSSR count). The summed E-state index contributed by atoms with van der Waals surface area (Å²) in [4.78, 5) is 17.3. The van der Waals surface area contributed by atoms with E-state index in [9.17, 15) is 4.79 Å². The normalized spacial score (nSPS) is 10.8. The molecule has 0 saturated carbocycles. The van der Waals surface area contributed by atoms with Crippen LogP contribution in [-0.2, 0) is 0 Å². The van der Waals surface area contributed by atoms with Gasteiger partial charge in [0.2, 0.25) is 0 Å². The average molecular weight is 353 g/mol. The fourth-order valence-electron chi connectivity index (χ4n) is 2.86. The molecule has 0 bridgehead atoms. The highest BCUT2D eigenvalue weighted by Gasteiger charge is 2.17. The number of carbonyl (C=O) groups excluding carboxylic acids is 1. The highest BCUT2D eigenvalue weighted by Crippen LogP contribution is 2.31. The van der Waals surface area contributed by atoms with E-state index in [1.807, 2.05) is 46.0 Å². The third kappa shape index (κ3) is 3.49. The van der Waals surface area contributed by atoms with Crippen LogP contribution < -0.4 is 14.8 Å². The highest BCUT2D eigenvalue weighted by atomic mass is 16.5. The van der Waals surface area contributed by atoms with Crippen molar-refractivity contribution in [2.45, 2.75) is 27.7 Å². The van der Waals surface area contributed by atoms with Crippen LogP contribution in [0.2, 0.25) is 0 Å². The van der Waals surface area contributed by atoms with Crippen LogP contribution in [0.5, 0.6) is 11.5 Å². The van der Waals surface area contributed by atoms with Gasteiger partial charge in [0.15, 0.2) is 11.5 Å².